The van der Waals surface area contributed by atoms with E-state index in [0.29, 0.717) is 16.7 Å². The number of phenols is 3. The van der Waals surface area contributed by atoms with Crippen molar-refractivity contribution >= 4 is 7.82 Å². The van der Waals surface area contributed by atoms with Crippen LogP contribution in [0.25, 0.3) is 0 Å². The van der Waals surface area contributed by atoms with Crippen molar-refractivity contribution in [2.45, 2.75) is 40.6 Å². The van der Waals surface area contributed by atoms with Gasteiger partial charge < -0.3 is 15.3 Å². The summed E-state index contributed by atoms with van der Waals surface area (Å²) in [6.07, 6.45) is 0. The molecule has 0 spiro atoms. The molecule has 32 heavy (non-hydrogen) atoms. The Bertz CT molecular complexity index is 1000. The highest BCUT2D eigenvalue weighted by Gasteiger charge is 2.29. The third-order valence-corrected chi connectivity index (χ3v) is 6.18. The largest absolute Gasteiger partial charge is 0.508 e. The molecule has 0 bridgehead atoms. The fraction of sp³-hybridized carbons (Fsp3) is 0.250. The van der Waals surface area contributed by atoms with Crippen molar-refractivity contribution in [1.29, 1.82) is 0 Å². The van der Waals surface area contributed by atoms with Gasteiger partial charge in [0.2, 0.25) is 0 Å². The van der Waals surface area contributed by atoms with Crippen LogP contribution in [0.4, 0.5) is 0 Å². The van der Waals surface area contributed by atoms with Gasteiger partial charge in [-0.05, 0) is 39.0 Å². The zero-order valence-corrected chi connectivity index (χ0v) is 19.1. The third-order valence-electron chi connectivity index (χ3n) is 4.84. The summed E-state index contributed by atoms with van der Waals surface area (Å²) in [6.45, 7) is 4.92. The number of rotatable bonds is 9. The molecule has 0 heterocycles. The topological polar surface area (TPSA) is 105 Å². The van der Waals surface area contributed by atoms with Crippen LogP contribution >= 0.6 is 7.82 Å². The Morgan fingerprint density at radius 1 is 0.594 bits per heavy atom. The van der Waals surface area contributed by atoms with Crippen LogP contribution in [0.1, 0.15) is 33.4 Å². The van der Waals surface area contributed by atoms with Crippen molar-refractivity contribution in [2.75, 3.05) is 0 Å². The Morgan fingerprint density at radius 2 is 0.875 bits per heavy atom. The summed E-state index contributed by atoms with van der Waals surface area (Å²) in [7, 11) is -4.15. The van der Waals surface area contributed by atoms with E-state index < -0.39 is 7.82 Å². The molecule has 0 aliphatic heterocycles. The number of aryl methyl sites for hydroxylation is 3. The minimum absolute atomic E-state index is 0.00481. The highest BCUT2D eigenvalue weighted by Crippen LogP contribution is 2.52. The zero-order chi connectivity index (χ0) is 23.3. The predicted molar refractivity (Wildman–Crippen MR) is 121 cm³/mol. The van der Waals surface area contributed by atoms with Crippen molar-refractivity contribution in [1.82, 2.24) is 0 Å². The number of phosphoric acid groups is 1. The van der Waals surface area contributed by atoms with E-state index in [1.54, 1.807) is 36.4 Å². The standard InChI is InChI=1S/C24H27O7P/c1-16-4-7-22(25)19(10-16)13-29-32(28,30-14-20-11-17(2)5-8-23(20)26)31-15-21-12-18(3)6-9-24(21)27/h4-12,25-27H,13-15H2,1-3H3. The lowest BCUT2D eigenvalue weighted by molar-refractivity contribution is 0.0963. The molecule has 0 fully saturated rings. The van der Waals surface area contributed by atoms with Crippen LogP contribution in [0.2, 0.25) is 0 Å². The second kappa shape index (κ2) is 10.2. The molecule has 3 rings (SSSR count). The molecule has 0 aromatic heterocycles. The van der Waals surface area contributed by atoms with E-state index in [9.17, 15) is 19.9 Å². The molecule has 3 aromatic rings. The minimum atomic E-state index is -4.15. The molecule has 0 saturated heterocycles. The molecule has 0 saturated carbocycles. The molecule has 3 N–H and O–H groups in total. The van der Waals surface area contributed by atoms with Gasteiger partial charge in [0, 0.05) is 16.7 Å². The molecule has 0 radical (unpaired) electrons. The van der Waals surface area contributed by atoms with E-state index in [2.05, 4.69) is 0 Å². The third kappa shape index (κ3) is 6.34. The van der Waals surface area contributed by atoms with Gasteiger partial charge in [-0.1, -0.05) is 53.1 Å². The lowest BCUT2D eigenvalue weighted by atomic mass is 10.1. The van der Waals surface area contributed by atoms with Gasteiger partial charge in [0.05, 0.1) is 19.8 Å². The van der Waals surface area contributed by atoms with Gasteiger partial charge in [-0.15, -0.1) is 0 Å². The maximum absolute atomic E-state index is 13.4. The van der Waals surface area contributed by atoms with Crippen molar-refractivity contribution in [3.63, 3.8) is 0 Å². The van der Waals surface area contributed by atoms with E-state index in [-0.39, 0.29) is 37.1 Å². The first-order valence-electron chi connectivity index (χ1n) is 10.0. The Hall–Kier alpha value is -2.83. The molecule has 7 nitrogen and oxygen atoms in total. The Kier molecular flexibility index (Phi) is 7.59. The van der Waals surface area contributed by atoms with Crippen LogP contribution < -0.4 is 0 Å². The minimum Gasteiger partial charge on any atom is -0.508 e. The number of aromatic hydroxyl groups is 3. The van der Waals surface area contributed by atoms with Gasteiger partial charge in [-0.25, -0.2) is 4.57 Å². The molecule has 0 unspecified atom stereocenters. The first-order chi connectivity index (χ1) is 15.1. The normalized spacial score (nSPS) is 11.6. The predicted octanol–water partition coefficient (Wildman–Crippen LogP) is 5.79. The van der Waals surface area contributed by atoms with Gasteiger partial charge >= 0.3 is 7.82 Å². The Morgan fingerprint density at radius 3 is 1.16 bits per heavy atom. The molecule has 8 heteroatoms. The number of phenolic OH excluding ortho intramolecular Hbond substituents is 3. The molecular formula is C24H27O7P. The average Bonchev–Trinajstić information content (AvgIpc) is 2.76. The van der Waals surface area contributed by atoms with Crippen LogP contribution in [0.15, 0.2) is 54.6 Å². The lowest BCUT2D eigenvalue weighted by Gasteiger charge is -2.19. The Balaban J connectivity index is 1.79. The summed E-state index contributed by atoms with van der Waals surface area (Å²) >= 11 is 0. The second-order valence-corrected chi connectivity index (χ2v) is 9.33. The Labute approximate surface area is 187 Å². The summed E-state index contributed by atoms with van der Waals surface area (Å²) in [5.74, 6) is -0.0144. The highest BCUT2D eigenvalue weighted by molar-refractivity contribution is 7.48. The SMILES string of the molecule is Cc1ccc(O)c(COP(=O)(OCc2cc(C)ccc2O)OCc2cc(C)ccc2O)c1. The quantitative estimate of drug-likeness (QED) is 0.349. The van der Waals surface area contributed by atoms with Crippen molar-refractivity contribution in [3.05, 3.63) is 88.0 Å². The smallest absolute Gasteiger partial charge is 0.475 e. The summed E-state index contributed by atoms with van der Waals surface area (Å²) in [5.41, 5.74) is 3.96. The molecule has 0 aliphatic rings. The van der Waals surface area contributed by atoms with Gasteiger partial charge in [-0.2, -0.15) is 0 Å². The summed E-state index contributed by atoms with van der Waals surface area (Å²) in [6, 6.07) is 14.9. The molecule has 0 aliphatic carbocycles. The van der Waals surface area contributed by atoms with E-state index in [1.165, 1.54) is 18.2 Å². The summed E-state index contributed by atoms with van der Waals surface area (Å²) in [5, 5.41) is 30.2. The fourth-order valence-corrected chi connectivity index (χ4v) is 4.16. The van der Waals surface area contributed by atoms with Crippen LogP contribution in [-0.4, -0.2) is 15.3 Å². The number of phosphoric ester groups is 1. The molecule has 170 valence electrons. The summed E-state index contributed by atoms with van der Waals surface area (Å²) in [4.78, 5) is 0. The van der Waals surface area contributed by atoms with E-state index in [0.717, 1.165) is 16.7 Å². The van der Waals surface area contributed by atoms with Gasteiger partial charge in [0.15, 0.2) is 0 Å². The zero-order valence-electron chi connectivity index (χ0n) is 18.2. The molecular weight excluding hydrogens is 431 g/mol. The number of hydrogen-bond donors (Lipinski definition) is 3. The van der Waals surface area contributed by atoms with Crippen molar-refractivity contribution in [2.24, 2.45) is 0 Å². The molecule has 0 amide bonds. The van der Waals surface area contributed by atoms with Crippen LogP contribution in [0.3, 0.4) is 0 Å². The summed E-state index contributed by atoms with van der Waals surface area (Å²) < 4.78 is 30.0. The van der Waals surface area contributed by atoms with E-state index in [1.807, 2.05) is 20.8 Å². The van der Waals surface area contributed by atoms with E-state index >= 15 is 0 Å². The van der Waals surface area contributed by atoms with E-state index in [4.69, 9.17) is 13.6 Å². The lowest BCUT2D eigenvalue weighted by Crippen LogP contribution is -2.03. The first-order valence-corrected chi connectivity index (χ1v) is 11.5. The fourth-order valence-electron chi connectivity index (χ4n) is 3.05. The van der Waals surface area contributed by atoms with Crippen molar-refractivity contribution < 1.29 is 33.5 Å². The maximum atomic E-state index is 13.4. The number of benzene rings is 3. The van der Waals surface area contributed by atoms with Crippen LogP contribution in [0, 0.1) is 20.8 Å². The van der Waals surface area contributed by atoms with Crippen LogP contribution in [-0.2, 0) is 38.0 Å². The first kappa shape index (κ1) is 23.8. The van der Waals surface area contributed by atoms with Gasteiger partial charge in [-0.3, -0.25) is 13.6 Å². The maximum Gasteiger partial charge on any atom is 0.475 e. The average molecular weight is 458 g/mol. The molecule has 3 aromatic carbocycles. The second-order valence-electron chi connectivity index (χ2n) is 7.66. The molecule has 0 atom stereocenters. The monoisotopic (exact) mass is 458 g/mol. The van der Waals surface area contributed by atoms with Crippen molar-refractivity contribution in [3.8, 4) is 17.2 Å². The van der Waals surface area contributed by atoms with Crippen LogP contribution in [0.5, 0.6) is 17.2 Å². The van der Waals surface area contributed by atoms with Gasteiger partial charge in [0.25, 0.3) is 0 Å². The number of hydrogen-bond acceptors (Lipinski definition) is 7. The highest BCUT2D eigenvalue weighted by atomic mass is 31.2. The van der Waals surface area contributed by atoms with Gasteiger partial charge in [0.1, 0.15) is 17.2 Å².